The van der Waals surface area contributed by atoms with Crippen LogP contribution in [0.1, 0.15) is 71.6 Å². The average Bonchev–Trinajstić information content (AvgIpc) is 2.79. The lowest BCUT2D eigenvalue weighted by molar-refractivity contribution is -0.00791. The van der Waals surface area contributed by atoms with Gasteiger partial charge in [0.25, 0.3) is 0 Å². The highest BCUT2D eigenvalue weighted by atomic mass is 16.3. The van der Waals surface area contributed by atoms with Gasteiger partial charge in [-0.3, -0.25) is 0 Å². The monoisotopic (exact) mass is 242 g/mol. The van der Waals surface area contributed by atoms with Crippen LogP contribution < -0.4 is 0 Å². The van der Waals surface area contributed by atoms with Crippen molar-refractivity contribution in [3.05, 3.63) is 0 Å². The molecule has 0 aromatic rings. The molecule has 1 rings (SSSR count). The van der Waals surface area contributed by atoms with Crippen LogP contribution in [0.25, 0.3) is 0 Å². The zero-order chi connectivity index (χ0) is 12.7. The molecule has 2 atom stereocenters. The third-order valence-electron chi connectivity index (χ3n) is 4.24. The zero-order valence-corrected chi connectivity index (χ0v) is 11.6. The summed E-state index contributed by atoms with van der Waals surface area (Å²) in [6.07, 6.45) is 9.36. The SMILES string of the molecule is CCCC(O)C(CC1CCCC1)C(O)CCC. The second-order valence-electron chi connectivity index (χ2n) is 5.76. The van der Waals surface area contributed by atoms with Crippen molar-refractivity contribution >= 4 is 0 Å². The van der Waals surface area contributed by atoms with Crippen LogP contribution in [0.2, 0.25) is 0 Å². The Bertz CT molecular complexity index is 175. The van der Waals surface area contributed by atoms with Crippen molar-refractivity contribution in [1.82, 2.24) is 0 Å². The van der Waals surface area contributed by atoms with E-state index in [1.807, 2.05) is 0 Å². The molecule has 0 amide bonds. The van der Waals surface area contributed by atoms with E-state index in [-0.39, 0.29) is 18.1 Å². The van der Waals surface area contributed by atoms with E-state index in [0.717, 1.165) is 38.0 Å². The average molecular weight is 242 g/mol. The van der Waals surface area contributed by atoms with Crippen LogP contribution in [-0.4, -0.2) is 22.4 Å². The first-order valence-corrected chi connectivity index (χ1v) is 7.55. The van der Waals surface area contributed by atoms with Gasteiger partial charge in [-0.1, -0.05) is 52.4 Å². The molecule has 0 heterocycles. The first-order valence-electron chi connectivity index (χ1n) is 7.55. The van der Waals surface area contributed by atoms with Gasteiger partial charge in [-0.15, -0.1) is 0 Å². The predicted octanol–water partition coefficient (Wildman–Crippen LogP) is 3.50. The molecule has 0 aromatic heterocycles. The lowest BCUT2D eigenvalue weighted by Gasteiger charge is -2.29. The molecule has 1 fully saturated rings. The topological polar surface area (TPSA) is 40.5 Å². The summed E-state index contributed by atoms with van der Waals surface area (Å²) in [5.41, 5.74) is 0. The van der Waals surface area contributed by atoms with Crippen molar-refractivity contribution in [2.24, 2.45) is 11.8 Å². The Morgan fingerprint density at radius 2 is 1.41 bits per heavy atom. The lowest BCUT2D eigenvalue weighted by atomic mass is 9.82. The molecule has 2 heteroatoms. The fraction of sp³-hybridized carbons (Fsp3) is 1.00. The molecule has 102 valence electrons. The van der Waals surface area contributed by atoms with Crippen LogP contribution in [-0.2, 0) is 0 Å². The zero-order valence-electron chi connectivity index (χ0n) is 11.6. The first-order chi connectivity index (χ1) is 8.19. The second kappa shape index (κ2) is 8.10. The van der Waals surface area contributed by atoms with E-state index in [1.54, 1.807) is 0 Å². The van der Waals surface area contributed by atoms with E-state index >= 15 is 0 Å². The Balaban J connectivity index is 2.50. The minimum Gasteiger partial charge on any atom is -0.393 e. The lowest BCUT2D eigenvalue weighted by Crippen LogP contribution is -2.33. The molecule has 1 saturated carbocycles. The number of hydrogen-bond donors (Lipinski definition) is 2. The second-order valence-corrected chi connectivity index (χ2v) is 5.76. The molecule has 0 saturated heterocycles. The molecular formula is C15H30O2. The highest BCUT2D eigenvalue weighted by Crippen LogP contribution is 2.34. The van der Waals surface area contributed by atoms with E-state index in [9.17, 15) is 10.2 Å². The largest absolute Gasteiger partial charge is 0.393 e. The Morgan fingerprint density at radius 3 is 1.82 bits per heavy atom. The molecule has 0 bridgehead atoms. The van der Waals surface area contributed by atoms with Crippen molar-refractivity contribution in [2.75, 3.05) is 0 Å². The maximum absolute atomic E-state index is 10.2. The van der Waals surface area contributed by atoms with E-state index in [1.165, 1.54) is 25.7 Å². The smallest absolute Gasteiger partial charge is 0.0593 e. The van der Waals surface area contributed by atoms with Gasteiger partial charge in [0, 0.05) is 5.92 Å². The summed E-state index contributed by atoms with van der Waals surface area (Å²) in [6.45, 7) is 4.20. The molecule has 17 heavy (non-hydrogen) atoms. The number of rotatable bonds is 8. The summed E-state index contributed by atoms with van der Waals surface area (Å²) in [7, 11) is 0. The molecule has 2 N–H and O–H groups in total. The number of aliphatic hydroxyl groups is 2. The standard InChI is InChI=1S/C15H30O2/c1-3-7-14(16)13(15(17)8-4-2)11-12-9-5-6-10-12/h12-17H,3-11H2,1-2H3. The van der Waals surface area contributed by atoms with Gasteiger partial charge in [0.2, 0.25) is 0 Å². The molecule has 2 nitrogen and oxygen atoms in total. The van der Waals surface area contributed by atoms with Crippen LogP contribution in [0.4, 0.5) is 0 Å². The third-order valence-corrected chi connectivity index (χ3v) is 4.24. The molecule has 1 aliphatic rings. The van der Waals surface area contributed by atoms with Crippen molar-refractivity contribution < 1.29 is 10.2 Å². The normalized spacial score (nSPS) is 22.6. The van der Waals surface area contributed by atoms with Crippen molar-refractivity contribution in [3.63, 3.8) is 0 Å². The highest BCUT2D eigenvalue weighted by molar-refractivity contribution is 4.80. The van der Waals surface area contributed by atoms with Crippen LogP contribution in [0.3, 0.4) is 0 Å². The molecule has 0 radical (unpaired) electrons. The van der Waals surface area contributed by atoms with E-state index in [0.29, 0.717) is 0 Å². The summed E-state index contributed by atoms with van der Waals surface area (Å²) in [4.78, 5) is 0. The Kier molecular flexibility index (Phi) is 7.14. The summed E-state index contributed by atoms with van der Waals surface area (Å²) < 4.78 is 0. The highest BCUT2D eigenvalue weighted by Gasteiger charge is 2.29. The van der Waals surface area contributed by atoms with E-state index < -0.39 is 0 Å². The summed E-state index contributed by atoms with van der Waals surface area (Å²) in [5, 5.41) is 20.4. The van der Waals surface area contributed by atoms with Gasteiger partial charge in [-0.05, 0) is 25.2 Å². The van der Waals surface area contributed by atoms with Crippen LogP contribution >= 0.6 is 0 Å². The molecule has 0 spiro atoms. The van der Waals surface area contributed by atoms with Crippen LogP contribution in [0.5, 0.6) is 0 Å². The minimum atomic E-state index is -0.304. The summed E-state index contributed by atoms with van der Waals surface area (Å²) in [5.74, 6) is 0.857. The maximum Gasteiger partial charge on any atom is 0.0593 e. The third kappa shape index (κ3) is 4.97. The molecule has 0 aromatic carbocycles. The number of aliphatic hydroxyl groups excluding tert-OH is 2. The Morgan fingerprint density at radius 1 is 0.941 bits per heavy atom. The quantitative estimate of drug-likeness (QED) is 0.684. The van der Waals surface area contributed by atoms with Gasteiger partial charge in [0.15, 0.2) is 0 Å². The fourth-order valence-corrected chi connectivity index (χ4v) is 3.22. The number of hydrogen-bond acceptors (Lipinski definition) is 2. The van der Waals surface area contributed by atoms with Gasteiger partial charge in [-0.25, -0.2) is 0 Å². The Labute approximate surface area is 106 Å². The minimum absolute atomic E-state index is 0.109. The van der Waals surface area contributed by atoms with Crippen LogP contribution in [0, 0.1) is 11.8 Å². The van der Waals surface area contributed by atoms with E-state index in [4.69, 9.17) is 0 Å². The molecule has 2 unspecified atom stereocenters. The first kappa shape index (κ1) is 15.0. The summed E-state index contributed by atoms with van der Waals surface area (Å²) in [6, 6.07) is 0. The predicted molar refractivity (Wildman–Crippen MR) is 71.9 cm³/mol. The van der Waals surface area contributed by atoms with Gasteiger partial charge in [-0.2, -0.15) is 0 Å². The summed E-state index contributed by atoms with van der Waals surface area (Å²) >= 11 is 0. The molecular weight excluding hydrogens is 212 g/mol. The van der Waals surface area contributed by atoms with Crippen LogP contribution in [0.15, 0.2) is 0 Å². The van der Waals surface area contributed by atoms with Crippen molar-refractivity contribution in [3.8, 4) is 0 Å². The van der Waals surface area contributed by atoms with Gasteiger partial charge in [0.1, 0.15) is 0 Å². The Hall–Kier alpha value is -0.0800. The van der Waals surface area contributed by atoms with Gasteiger partial charge >= 0.3 is 0 Å². The maximum atomic E-state index is 10.2. The van der Waals surface area contributed by atoms with Gasteiger partial charge in [0.05, 0.1) is 12.2 Å². The van der Waals surface area contributed by atoms with Crippen molar-refractivity contribution in [2.45, 2.75) is 83.8 Å². The molecule has 1 aliphatic carbocycles. The van der Waals surface area contributed by atoms with Crippen molar-refractivity contribution in [1.29, 1.82) is 0 Å². The van der Waals surface area contributed by atoms with Gasteiger partial charge < -0.3 is 10.2 Å². The fourth-order valence-electron chi connectivity index (χ4n) is 3.22. The molecule has 0 aliphatic heterocycles. The van der Waals surface area contributed by atoms with E-state index in [2.05, 4.69) is 13.8 Å².